The fourth-order valence-electron chi connectivity index (χ4n) is 5.17. The number of methoxy groups -OCH3 is 1. The van der Waals surface area contributed by atoms with Crippen LogP contribution in [0.5, 0.6) is 0 Å². The maximum atomic E-state index is 14.3. The van der Waals surface area contributed by atoms with Gasteiger partial charge in [0, 0.05) is 17.7 Å². The number of rotatable bonds is 5. The van der Waals surface area contributed by atoms with Gasteiger partial charge < -0.3 is 14.4 Å². The highest BCUT2D eigenvalue weighted by molar-refractivity contribution is 6.14. The highest BCUT2D eigenvalue weighted by atomic mass is 16.6. The lowest BCUT2D eigenvalue weighted by molar-refractivity contribution is -0.384. The van der Waals surface area contributed by atoms with Gasteiger partial charge in [-0.3, -0.25) is 24.5 Å². The summed E-state index contributed by atoms with van der Waals surface area (Å²) < 4.78 is 11.0. The van der Waals surface area contributed by atoms with Crippen LogP contribution in [-0.4, -0.2) is 29.9 Å². The molecule has 0 radical (unpaired) electrons. The molecule has 1 saturated heterocycles. The molecule has 35 heavy (non-hydrogen) atoms. The summed E-state index contributed by atoms with van der Waals surface area (Å²) in [5.74, 6) is -2.18. The number of amides is 1. The molecule has 0 unspecified atom stereocenters. The Kier molecular flexibility index (Phi) is 5.12. The van der Waals surface area contributed by atoms with E-state index in [0.717, 1.165) is 5.56 Å². The van der Waals surface area contributed by atoms with Crippen molar-refractivity contribution in [1.82, 2.24) is 0 Å². The van der Waals surface area contributed by atoms with Crippen molar-refractivity contribution in [2.75, 3.05) is 12.0 Å². The van der Waals surface area contributed by atoms with Gasteiger partial charge in [-0.15, -0.1) is 0 Å². The molecule has 0 N–H and O–H groups in total. The van der Waals surface area contributed by atoms with Crippen LogP contribution in [0.1, 0.15) is 23.1 Å². The number of carbonyl (C=O) groups is 3. The van der Waals surface area contributed by atoms with E-state index in [1.807, 2.05) is 30.3 Å². The molecule has 0 saturated carbocycles. The molecule has 1 spiro atoms. The SMILES string of the molecule is COC(=O)[C@]1(c2ccc([N+](=O)[O-])cc2)CC(=O)O[C@@]12C(=O)N(Cc1ccccc1)c1ccccc12. The van der Waals surface area contributed by atoms with Crippen molar-refractivity contribution in [1.29, 1.82) is 0 Å². The predicted octanol–water partition coefficient (Wildman–Crippen LogP) is 3.39. The second-order valence-corrected chi connectivity index (χ2v) is 8.43. The summed E-state index contributed by atoms with van der Waals surface area (Å²) in [5, 5.41) is 11.2. The first kappa shape index (κ1) is 22.3. The number of fused-ring (bicyclic) bond motifs is 2. The molecule has 0 aromatic heterocycles. The number of carbonyl (C=O) groups excluding carboxylic acids is 3. The summed E-state index contributed by atoms with van der Waals surface area (Å²) in [6.07, 6.45) is -0.462. The standard InChI is InChI=1S/C26H20N2O7/c1-34-24(31)25(18-11-13-19(14-12-18)28(32)33)15-22(29)35-26(25)20-9-5-6-10-21(20)27(23(26)30)16-17-7-3-2-4-8-17/h2-14H,15-16H2,1H3/t25-,26+/m1/s1. The van der Waals surface area contributed by atoms with Gasteiger partial charge in [-0.2, -0.15) is 0 Å². The molecule has 176 valence electrons. The molecular formula is C26H20N2O7. The van der Waals surface area contributed by atoms with E-state index >= 15 is 0 Å². The third-order valence-corrected chi connectivity index (χ3v) is 6.69. The summed E-state index contributed by atoms with van der Waals surface area (Å²) in [4.78, 5) is 52.8. The third kappa shape index (κ3) is 3.04. The second-order valence-electron chi connectivity index (χ2n) is 8.43. The lowest BCUT2D eigenvalue weighted by Crippen LogP contribution is -2.57. The Bertz CT molecular complexity index is 1360. The number of para-hydroxylation sites is 1. The highest BCUT2D eigenvalue weighted by Gasteiger charge is 2.75. The lowest BCUT2D eigenvalue weighted by Gasteiger charge is -2.37. The molecule has 2 aliphatic rings. The molecule has 2 atom stereocenters. The summed E-state index contributed by atoms with van der Waals surface area (Å²) in [6, 6.07) is 21.3. The molecule has 2 aliphatic heterocycles. The second kappa shape index (κ2) is 8.05. The third-order valence-electron chi connectivity index (χ3n) is 6.69. The minimum atomic E-state index is -2.03. The monoisotopic (exact) mass is 472 g/mol. The van der Waals surface area contributed by atoms with Crippen LogP contribution in [0.25, 0.3) is 0 Å². The molecule has 1 amide bonds. The number of non-ortho nitro benzene ring substituents is 1. The van der Waals surface area contributed by atoms with Gasteiger partial charge in [-0.1, -0.05) is 60.7 Å². The molecule has 3 aromatic carbocycles. The number of ether oxygens (including phenoxy) is 2. The van der Waals surface area contributed by atoms with Crippen molar-refractivity contribution in [3.05, 3.63) is 106 Å². The Labute approximate surface area is 200 Å². The number of nitrogens with zero attached hydrogens (tertiary/aromatic N) is 2. The van der Waals surface area contributed by atoms with E-state index in [1.165, 1.54) is 36.3 Å². The van der Waals surface area contributed by atoms with Crippen LogP contribution in [0.4, 0.5) is 11.4 Å². The van der Waals surface area contributed by atoms with Gasteiger partial charge in [0.05, 0.1) is 30.7 Å². The summed E-state index contributed by atoms with van der Waals surface area (Å²) >= 11 is 0. The summed E-state index contributed by atoms with van der Waals surface area (Å²) in [6.45, 7) is 0.188. The maximum absolute atomic E-state index is 14.3. The van der Waals surface area contributed by atoms with E-state index in [9.17, 15) is 24.5 Å². The van der Waals surface area contributed by atoms with E-state index in [4.69, 9.17) is 9.47 Å². The first-order valence-electron chi connectivity index (χ1n) is 10.9. The van der Waals surface area contributed by atoms with Crippen LogP contribution in [0, 0.1) is 10.1 Å². The summed E-state index contributed by atoms with van der Waals surface area (Å²) in [7, 11) is 1.17. The number of hydrogen-bond donors (Lipinski definition) is 0. The molecule has 2 heterocycles. The van der Waals surface area contributed by atoms with Gasteiger partial charge in [0.15, 0.2) is 5.41 Å². The number of hydrogen-bond acceptors (Lipinski definition) is 7. The van der Waals surface area contributed by atoms with Crippen molar-refractivity contribution >= 4 is 29.2 Å². The fraction of sp³-hybridized carbons (Fsp3) is 0.192. The van der Waals surface area contributed by atoms with Gasteiger partial charge in [0.1, 0.15) is 0 Å². The lowest BCUT2D eigenvalue weighted by atomic mass is 9.64. The van der Waals surface area contributed by atoms with Crippen molar-refractivity contribution in [2.24, 2.45) is 0 Å². The van der Waals surface area contributed by atoms with Crippen LogP contribution in [0.2, 0.25) is 0 Å². The fourth-order valence-corrected chi connectivity index (χ4v) is 5.17. The zero-order valence-electron chi connectivity index (χ0n) is 18.7. The molecular weight excluding hydrogens is 452 g/mol. The number of benzene rings is 3. The minimum Gasteiger partial charge on any atom is -0.468 e. The molecule has 0 bridgehead atoms. The Hall–Kier alpha value is -4.53. The van der Waals surface area contributed by atoms with E-state index in [-0.39, 0.29) is 17.8 Å². The highest BCUT2D eigenvalue weighted by Crippen LogP contribution is 2.59. The van der Waals surface area contributed by atoms with Crippen molar-refractivity contribution in [2.45, 2.75) is 24.0 Å². The number of esters is 2. The van der Waals surface area contributed by atoms with Crippen molar-refractivity contribution in [3.63, 3.8) is 0 Å². The Morgan fingerprint density at radius 2 is 1.69 bits per heavy atom. The van der Waals surface area contributed by atoms with Crippen LogP contribution in [0.3, 0.4) is 0 Å². The van der Waals surface area contributed by atoms with Crippen LogP contribution < -0.4 is 4.90 Å². The van der Waals surface area contributed by atoms with E-state index in [1.54, 1.807) is 24.3 Å². The zero-order chi connectivity index (χ0) is 24.8. The Morgan fingerprint density at radius 3 is 2.34 bits per heavy atom. The number of anilines is 1. The zero-order valence-corrected chi connectivity index (χ0v) is 18.7. The van der Waals surface area contributed by atoms with Gasteiger partial charge in [-0.25, -0.2) is 0 Å². The Balaban J connectivity index is 1.75. The average molecular weight is 472 g/mol. The van der Waals surface area contributed by atoms with Crippen LogP contribution in [-0.2, 0) is 41.4 Å². The van der Waals surface area contributed by atoms with Crippen LogP contribution >= 0.6 is 0 Å². The van der Waals surface area contributed by atoms with E-state index < -0.39 is 40.2 Å². The first-order valence-corrected chi connectivity index (χ1v) is 10.9. The Morgan fingerprint density at radius 1 is 1.03 bits per heavy atom. The maximum Gasteiger partial charge on any atom is 0.321 e. The summed E-state index contributed by atoms with van der Waals surface area (Å²) in [5.41, 5.74) is -2.19. The van der Waals surface area contributed by atoms with E-state index in [2.05, 4.69) is 0 Å². The van der Waals surface area contributed by atoms with Gasteiger partial charge in [0.2, 0.25) is 5.60 Å². The first-order chi connectivity index (χ1) is 16.8. The largest absolute Gasteiger partial charge is 0.468 e. The van der Waals surface area contributed by atoms with Gasteiger partial charge >= 0.3 is 11.9 Å². The average Bonchev–Trinajstić information content (AvgIpc) is 3.32. The molecule has 1 fully saturated rings. The predicted molar refractivity (Wildman–Crippen MR) is 123 cm³/mol. The normalized spacial score (nSPS) is 22.7. The van der Waals surface area contributed by atoms with Crippen molar-refractivity contribution in [3.8, 4) is 0 Å². The quantitative estimate of drug-likeness (QED) is 0.317. The van der Waals surface area contributed by atoms with Crippen LogP contribution in [0.15, 0.2) is 78.9 Å². The van der Waals surface area contributed by atoms with Crippen molar-refractivity contribution < 1.29 is 28.8 Å². The smallest absolute Gasteiger partial charge is 0.321 e. The van der Waals surface area contributed by atoms with Gasteiger partial charge in [-0.05, 0) is 17.2 Å². The molecule has 3 aromatic rings. The number of nitro groups is 1. The molecule has 5 rings (SSSR count). The molecule has 9 heteroatoms. The molecule has 0 aliphatic carbocycles. The number of nitro benzene ring substituents is 1. The molecule has 9 nitrogen and oxygen atoms in total. The van der Waals surface area contributed by atoms with Gasteiger partial charge in [0.25, 0.3) is 11.6 Å². The van der Waals surface area contributed by atoms with E-state index in [0.29, 0.717) is 11.3 Å². The minimum absolute atomic E-state index is 0.188. The topological polar surface area (TPSA) is 116 Å².